The first-order chi connectivity index (χ1) is 9.93. The number of nitrogens with zero attached hydrogens (tertiary/aromatic N) is 3. The summed E-state index contributed by atoms with van der Waals surface area (Å²) in [5.41, 5.74) is 1.05. The van der Waals surface area contributed by atoms with Crippen LogP contribution >= 0.6 is 30.7 Å². The van der Waals surface area contributed by atoms with Gasteiger partial charge in [0.2, 0.25) is 0 Å². The number of hydrogen-bond acceptors (Lipinski definition) is 3. The Morgan fingerprint density at radius 2 is 1.62 bits per heavy atom. The molecule has 0 spiro atoms. The average molecular weight is 442 g/mol. The molecule has 0 saturated carbocycles. The van der Waals surface area contributed by atoms with Gasteiger partial charge in [0.05, 0.1) is 0 Å². The zero-order chi connectivity index (χ0) is 16.0. The van der Waals surface area contributed by atoms with E-state index in [1.54, 1.807) is 6.20 Å². The Morgan fingerprint density at radius 1 is 1.14 bits per heavy atom. The first kappa shape index (κ1) is 19.1. The van der Waals surface area contributed by atoms with Crippen LogP contribution in [0.15, 0.2) is 41.1 Å². The fraction of sp³-hybridized carbons (Fsp3) is 0.500. The summed E-state index contributed by atoms with van der Waals surface area (Å²) in [6.45, 7) is 8.68. The summed E-state index contributed by atoms with van der Waals surface area (Å²) < 4.78 is 0. The minimum absolute atomic E-state index is 0.106. The Hall–Kier alpha value is 0.0223. The molecule has 0 aliphatic carbocycles. The summed E-state index contributed by atoms with van der Waals surface area (Å²) in [5, 5.41) is -0.285. The summed E-state index contributed by atoms with van der Waals surface area (Å²) in [6, 6.07) is 0.785. The standard InChI is InChI=1S/C14H19ClN3.2ClH.Pd/c1-10(2)17-7-8-18(11(3)4)14(17)12-5-6-16-9-13(12)15;;;/h5-8,10-11,13H,1-4H3;2*1H;/q-1;;;+2/p-2. The number of rotatable bonds is 2. The van der Waals surface area contributed by atoms with Crippen LogP contribution in [0.25, 0.3) is 0 Å². The molecule has 0 aromatic carbocycles. The van der Waals surface area contributed by atoms with Gasteiger partial charge in [-0.05, 0) is 33.3 Å². The van der Waals surface area contributed by atoms with Gasteiger partial charge >= 0.3 is 35.0 Å². The van der Waals surface area contributed by atoms with E-state index in [-0.39, 0.29) is 21.3 Å². The monoisotopic (exact) mass is 440 g/mol. The van der Waals surface area contributed by atoms with Crippen molar-refractivity contribution in [2.45, 2.75) is 45.2 Å². The molecule has 0 aromatic rings. The number of halogens is 3. The third-order valence-electron chi connectivity index (χ3n) is 3.04. The fourth-order valence-corrected chi connectivity index (χ4v) is 2.34. The Balaban J connectivity index is 0.000000677. The van der Waals surface area contributed by atoms with Crippen LogP contribution in [-0.4, -0.2) is 33.5 Å². The molecule has 122 valence electrons. The Kier molecular flexibility index (Phi) is 8.38. The Labute approximate surface area is 148 Å². The van der Waals surface area contributed by atoms with Crippen molar-refractivity contribution in [1.82, 2.24) is 9.80 Å². The molecular formula is C14H19Cl3N3Pd-. The molecule has 7 heteroatoms. The molecule has 2 heterocycles. The predicted molar refractivity (Wildman–Crippen MR) is 88.0 cm³/mol. The molecular weight excluding hydrogens is 423 g/mol. The normalized spacial score (nSPS) is 20.9. The molecule has 0 aromatic heterocycles. The predicted octanol–water partition coefficient (Wildman–Crippen LogP) is 4.56. The first-order valence-electron chi connectivity index (χ1n) is 6.51. The van der Waals surface area contributed by atoms with E-state index in [2.05, 4.69) is 61.1 Å². The Morgan fingerprint density at radius 3 is 2.00 bits per heavy atom. The van der Waals surface area contributed by atoms with E-state index in [4.69, 9.17) is 30.7 Å². The second kappa shape index (κ2) is 9.23. The van der Waals surface area contributed by atoms with Gasteiger partial charge in [0.25, 0.3) is 0 Å². The summed E-state index contributed by atoms with van der Waals surface area (Å²) in [7, 11) is 9.63. The van der Waals surface area contributed by atoms with E-state index in [1.165, 1.54) is 0 Å². The summed E-state index contributed by atoms with van der Waals surface area (Å²) in [4.78, 5) is 8.44. The van der Waals surface area contributed by atoms with Gasteiger partial charge in [0, 0.05) is 29.9 Å². The van der Waals surface area contributed by atoms with Gasteiger partial charge < -0.3 is 14.8 Å². The van der Waals surface area contributed by atoms with Crippen molar-refractivity contribution in [3.63, 3.8) is 0 Å². The van der Waals surface area contributed by atoms with E-state index in [1.807, 2.05) is 6.08 Å². The van der Waals surface area contributed by atoms with Gasteiger partial charge in [0.1, 0.15) is 5.82 Å². The van der Waals surface area contributed by atoms with Gasteiger partial charge in [-0.2, -0.15) is 6.21 Å². The molecule has 3 nitrogen and oxygen atoms in total. The maximum absolute atomic E-state index is 6.31. The fourth-order valence-electron chi connectivity index (χ4n) is 2.12. The van der Waals surface area contributed by atoms with Crippen molar-refractivity contribution in [3.8, 4) is 0 Å². The van der Waals surface area contributed by atoms with Gasteiger partial charge in [-0.15, -0.1) is 23.9 Å². The van der Waals surface area contributed by atoms with E-state index in [0.29, 0.717) is 12.1 Å². The molecule has 2 aliphatic heterocycles. The third-order valence-corrected chi connectivity index (χ3v) is 3.37. The van der Waals surface area contributed by atoms with Gasteiger partial charge in [-0.3, -0.25) is 0 Å². The summed E-state index contributed by atoms with van der Waals surface area (Å²) in [5.74, 6) is 1.14. The van der Waals surface area contributed by atoms with Crippen LogP contribution in [0.3, 0.4) is 0 Å². The molecule has 0 fully saturated rings. The summed E-state index contributed by atoms with van der Waals surface area (Å²) in [6.07, 6.45) is 10.8. The number of hydrogen-bond donors (Lipinski definition) is 0. The molecule has 2 rings (SSSR count). The molecule has 0 N–H and O–H groups in total. The van der Waals surface area contributed by atoms with Crippen LogP contribution in [0.2, 0.25) is 0 Å². The SMILES string of the molecule is CC(C)N1C=CN(C(C)C)C1=C1C=CN=[C-]C1Cl.[Cl][Pd][Cl]. The Bertz CT molecular complexity index is 438. The first-order valence-corrected chi connectivity index (χ1v) is 11.0. The van der Waals surface area contributed by atoms with Crippen molar-refractivity contribution in [2.75, 3.05) is 0 Å². The molecule has 0 saturated heterocycles. The van der Waals surface area contributed by atoms with Crippen LogP contribution in [-0.2, 0) is 15.9 Å². The van der Waals surface area contributed by atoms with E-state index in [0.717, 1.165) is 11.4 Å². The minimum atomic E-state index is -0.285. The maximum atomic E-state index is 6.31. The molecule has 0 bridgehead atoms. The topological polar surface area (TPSA) is 18.8 Å². The molecule has 1 atom stereocenters. The van der Waals surface area contributed by atoms with Crippen LogP contribution < -0.4 is 0 Å². The molecule has 0 radical (unpaired) electrons. The number of allylic oxidation sites excluding steroid dienone is 2. The second-order valence-corrected chi connectivity index (χ2v) is 7.86. The van der Waals surface area contributed by atoms with E-state index >= 15 is 0 Å². The van der Waals surface area contributed by atoms with E-state index in [9.17, 15) is 0 Å². The average Bonchev–Trinajstić information content (AvgIpc) is 2.85. The van der Waals surface area contributed by atoms with Crippen LogP contribution in [0.1, 0.15) is 27.7 Å². The van der Waals surface area contributed by atoms with Crippen LogP contribution in [0.5, 0.6) is 0 Å². The van der Waals surface area contributed by atoms with Crippen molar-refractivity contribution >= 4 is 36.9 Å². The van der Waals surface area contributed by atoms with Crippen molar-refractivity contribution in [3.05, 3.63) is 36.1 Å². The van der Waals surface area contributed by atoms with Crippen molar-refractivity contribution in [1.29, 1.82) is 0 Å². The summed E-state index contributed by atoms with van der Waals surface area (Å²) >= 11 is 6.20. The number of aliphatic imine (C=N–C) groups is 1. The van der Waals surface area contributed by atoms with Crippen molar-refractivity contribution < 1.29 is 15.9 Å². The van der Waals surface area contributed by atoms with Gasteiger partial charge in [0.15, 0.2) is 0 Å². The van der Waals surface area contributed by atoms with Crippen LogP contribution in [0.4, 0.5) is 0 Å². The van der Waals surface area contributed by atoms with Crippen LogP contribution in [0, 0.1) is 0 Å². The quantitative estimate of drug-likeness (QED) is 0.355. The molecule has 1 unspecified atom stereocenters. The van der Waals surface area contributed by atoms with Gasteiger partial charge in [-0.25, -0.2) is 0 Å². The zero-order valence-corrected chi connectivity index (χ0v) is 16.2. The molecule has 2 aliphatic rings. The van der Waals surface area contributed by atoms with Crippen molar-refractivity contribution in [2.24, 2.45) is 4.99 Å². The second-order valence-electron chi connectivity index (χ2n) is 5.06. The molecule has 0 amide bonds. The van der Waals surface area contributed by atoms with E-state index < -0.39 is 0 Å². The number of alkyl halides is 1. The van der Waals surface area contributed by atoms with Gasteiger partial charge in [-0.1, -0.05) is 0 Å². The third kappa shape index (κ3) is 5.01. The zero-order valence-electron chi connectivity index (χ0n) is 12.3. The molecule has 21 heavy (non-hydrogen) atoms.